The number of halogens is 1. The van der Waals surface area contributed by atoms with Gasteiger partial charge in [0, 0.05) is 5.69 Å². The minimum atomic E-state index is -0.361. The summed E-state index contributed by atoms with van der Waals surface area (Å²) in [5, 5.41) is 18.8. The predicted molar refractivity (Wildman–Crippen MR) is 96.5 cm³/mol. The Kier molecular flexibility index (Phi) is 3.53. The summed E-state index contributed by atoms with van der Waals surface area (Å²) in [5.74, 6) is 0.251. The van der Waals surface area contributed by atoms with E-state index in [0.717, 1.165) is 12.1 Å². The average Bonchev–Trinajstić information content (AvgIpc) is 3.14. The highest BCUT2D eigenvalue weighted by molar-refractivity contribution is 6.30. The summed E-state index contributed by atoms with van der Waals surface area (Å²) in [7, 11) is 0. The van der Waals surface area contributed by atoms with Gasteiger partial charge in [-0.05, 0) is 42.3 Å². The second kappa shape index (κ2) is 5.73. The molecule has 0 bridgehead atoms. The number of fused-ring (bicyclic) bond motifs is 1. The van der Waals surface area contributed by atoms with Crippen LogP contribution < -0.4 is 4.90 Å². The summed E-state index contributed by atoms with van der Waals surface area (Å²) in [6.45, 7) is 2.30. The largest absolute Gasteiger partial charge is 0.509 e. The van der Waals surface area contributed by atoms with E-state index in [4.69, 9.17) is 5.41 Å². The molecule has 0 fully saturated rings. The molecule has 2 heterocycles. The number of hydrogen-bond acceptors (Lipinski definition) is 3. The Balaban J connectivity index is 1.69. The molecule has 2 aromatic carbocycles. The van der Waals surface area contributed by atoms with Crippen molar-refractivity contribution in [2.45, 2.75) is 13.3 Å². The van der Waals surface area contributed by atoms with E-state index >= 15 is 0 Å². The van der Waals surface area contributed by atoms with Gasteiger partial charge in [-0.25, -0.2) is 9.37 Å². The molecule has 0 amide bonds. The van der Waals surface area contributed by atoms with Gasteiger partial charge in [0.05, 0.1) is 23.2 Å². The molecule has 3 aromatic rings. The van der Waals surface area contributed by atoms with Crippen LogP contribution >= 0.6 is 0 Å². The fourth-order valence-electron chi connectivity index (χ4n) is 3.06. The molecule has 6 heteroatoms. The van der Waals surface area contributed by atoms with E-state index in [9.17, 15) is 9.50 Å². The number of imidazole rings is 1. The molecule has 126 valence electrons. The standard InChI is InChI=1S/C19H17FN4O/c1-2-11-3-6-13(7-4-11)24-10-16(25)17(18(24)21)19-22-14-8-5-12(20)9-15(14)23-19/h3-9,21,25H,2,10H2,1H3,(H,22,23). The number of aliphatic hydroxyl groups is 1. The number of aliphatic hydroxyl groups excluding tert-OH is 1. The molecule has 0 spiro atoms. The number of hydrogen-bond donors (Lipinski definition) is 3. The topological polar surface area (TPSA) is 76.0 Å². The number of nitrogens with one attached hydrogen (secondary N) is 2. The van der Waals surface area contributed by atoms with Crippen molar-refractivity contribution >= 4 is 28.1 Å². The molecule has 25 heavy (non-hydrogen) atoms. The van der Waals surface area contributed by atoms with Gasteiger partial charge in [-0.2, -0.15) is 0 Å². The van der Waals surface area contributed by atoms with Gasteiger partial charge in [0.15, 0.2) is 0 Å². The number of amidine groups is 1. The third kappa shape index (κ3) is 2.55. The van der Waals surface area contributed by atoms with Crippen LogP contribution in [0.15, 0.2) is 48.2 Å². The van der Waals surface area contributed by atoms with Gasteiger partial charge in [-0.1, -0.05) is 19.1 Å². The zero-order valence-electron chi connectivity index (χ0n) is 13.7. The van der Waals surface area contributed by atoms with Crippen molar-refractivity contribution in [3.05, 3.63) is 65.4 Å². The molecule has 1 aliphatic heterocycles. The third-order valence-electron chi connectivity index (χ3n) is 4.44. The number of nitrogens with zero attached hydrogens (tertiary/aromatic N) is 2. The Hall–Kier alpha value is -3.15. The molecule has 5 nitrogen and oxygen atoms in total. The van der Waals surface area contributed by atoms with Crippen LogP contribution in [0.3, 0.4) is 0 Å². The van der Waals surface area contributed by atoms with E-state index in [2.05, 4.69) is 16.9 Å². The number of aryl methyl sites for hydroxylation is 1. The lowest BCUT2D eigenvalue weighted by molar-refractivity contribution is 0.411. The predicted octanol–water partition coefficient (Wildman–Crippen LogP) is 4.03. The first-order valence-electron chi connectivity index (χ1n) is 8.10. The summed E-state index contributed by atoms with van der Waals surface area (Å²) in [4.78, 5) is 9.10. The van der Waals surface area contributed by atoms with Crippen LogP contribution in [0.1, 0.15) is 18.3 Å². The SMILES string of the molecule is CCc1ccc(N2CC(O)=C(c3nc4ccc(F)cc4[nH]3)C2=N)cc1. The minimum absolute atomic E-state index is 0.0732. The van der Waals surface area contributed by atoms with Crippen molar-refractivity contribution in [2.24, 2.45) is 0 Å². The van der Waals surface area contributed by atoms with Crippen LogP contribution in [0.5, 0.6) is 0 Å². The van der Waals surface area contributed by atoms with Crippen LogP contribution in [0.4, 0.5) is 10.1 Å². The maximum atomic E-state index is 13.4. The smallest absolute Gasteiger partial charge is 0.145 e. The quantitative estimate of drug-likeness (QED) is 0.676. The molecular weight excluding hydrogens is 319 g/mol. The molecule has 1 aromatic heterocycles. The Bertz CT molecular complexity index is 1000. The van der Waals surface area contributed by atoms with E-state index in [1.165, 1.54) is 17.7 Å². The molecule has 0 atom stereocenters. The van der Waals surface area contributed by atoms with Crippen molar-refractivity contribution in [2.75, 3.05) is 11.4 Å². The van der Waals surface area contributed by atoms with E-state index in [0.29, 0.717) is 22.4 Å². The molecule has 0 saturated heterocycles. The highest BCUT2D eigenvalue weighted by atomic mass is 19.1. The van der Waals surface area contributed by atoms with Gasteiger partial charge in [0.2, 0.25) is 0 Å². The number of aromatic amines is 1. The van der Waals surface area contributed by atoms with E-state index < -0.39 is 0 Å². The second-order valence-corrected chi connectivity index (χ2v) is 6.02. The van der Waals surface area contributed by atoms with E-state index in [-0.39, 0.29) is 24.0 Å². The number of benzene rings is 2. The molecule has 0 saturated carbocycles. The second-order valence-electron chi connectivity index (χ2n) is 6.02. The molecule has 0 aliphatic carbocycles. The number of rotatable bonds is 3. The van der Waals surface area contributed by atoms with Gasteiger partial charge in [0.1, 0.15) is 23.2 Å². The summed E-state index contributed by atoms with van der Waals surface area (Å²) in [6, 6.07) is 12.2. The zero-order valence-corrected chi connectivity index (χ0v) is 13.7. The normalized spacial score (nSPS) is 14.8. The van der Waals surface area contributed by atoms with Crippen molar-refractivity contribution in [1.29, 1.82) is 5.41 Å². The van der Waals surface area contributed by atoms with Gasteiger partial charge >= 0.3 is 0 Å². The van der Waals surface area contributed by atoms with Crippen LogP contribution in [-0.4, -0.2) is 27.5 Å². The average molecular weight is 336 g/mol. The van der Waals surface area contributed by atoms with Crippen molar-refractivity contribution < 1.29 is 9.50 Å². The van der Waals surface area contributed by atoms with Crippen LogP contribution in [0.2, 0.25) is 0 Å². The van der Waals surface area contributed by atoms with Crippen LogP contribution in [0.25, 0.3) is 16.6 Å². The van der Waals surface area contributed by atoms with Gasteiger partial charge in [0.25, 0.3) is 0 Å². The maximum absolute atomic E-state index is 13.4. The van der Waals surface area contributed by atoms with Crippen molar-refractivity contribution in [3.8, 4) is 0 Å². The number of aromatic nitrogens is 2. The zero-order chi connectivity index (χ0) is 17.6. The Morgan fingerprint density at radius 2 is 2.00 bits per heavy atom. The van der Waals surface area contributed by atoms with Crippen LogP contribution in [-0.2, 0) is 6.42 Å². The Morgan fingerprint density at radius 1 is 1.24 bits per heavy atom. The van der Waals surface area contributed by atoms with Gasteiger partial charge in [-0.15, -0.1) is 0 Å². The lowest BCUT2D eigenvalue weighted by Crippen LogP contribution is -2.26. The van der Waals surface area contributed by atoms with Crippen molar-refractivity contribution in [1.82, 2.24) is 9.97 Å². The maximum Gasteiger partial charge on any atom is 0.145 e. The summed E-state index contributed by atoms with van der Waals surface area (Å²) < 4.78 is 13.4. The highest BCUT2D eigenvalue weighted by Gasteiger charge is 2.31. The number of anilines is 1. The molecule has 0 radical (unpaired) electrons. The number of H-pyrrole nitrogens is 1. The third-order valence-corrected chi connectivity index (χ3v) is 4.44. The Morgan fingerprint density at radius 3 is 2.72 bits per heavy atom. The summed E-state index contributed by atoms with van der Waals surface area (Å²) in [5.41, 5.74) is 3.53. The fourth-order valence-corrected chi connectivity index (χ4v) is 3.06. The molecule has 0 unspecified atom stereocenters. The highest BCUT2D eigenvalue weighted by Crippen LogP contribution is 2.31. The van der Waals surface area contributed by atoms with Gasteiger partial charge in [-0.3, -0.25) is 5.41 Å². The summed E-state index contributed by atoms with van der Waals surface area (Å²) >= 11 is 0. The van der Waals surface area contributed by atoms with Gasteiger partial charge < -0.3 is 15.0 Å². The molecule has 4 rings (SSSR count). The first-order chi connectivity index (χ1) is 12.1. The van der Waals surface area contributed by atoms with E-state index in [1.807, 2.05) is 24.3 Å². The Labute approximate surface area is 143 Å². The molecular formula is C19H17FN4O. The van der Waals surface area contributed by atoms with E-state index in [1.54, 1.807) is 11.0 Å². The van der Waals surface area contributed by atoms with Crippen molar-refractivity contribution in [3.63, 3.8) is 0 Å². The minimum Gasteiger partial charge on any atom is -0.509 e. The summed E-state index contributed by atoms with van der Waals surface area (Å²) in [6.07, 6.45) is 0.946. The first kappa shape index (κ1) is 15.4. The lowest BCUT2D eigenvalue weighted by Gasteiger charge is -2.18. The first-order valence-corrected chi connectivity index (χ1v) is 8.10. The van der Waals surface area contributed by atoms with Crippen LogP contribution in [0, 0.1) is 11.2 Å². The lowest BCUT2D eigenvalue weighted by atomic mass is 10.1. The molecule has 1 aliphatic rings. The monoisotopic (exact) mass is 336 g/mol. The fraction of sp³-hybridized carbons (Fsp3) is 0.158. The molecule has 3 N–H and O–H groups in total.